The SMILES string of the molecule is CCCC1CCC(CCC(F)(F)Oc2cc(F)c(C#N)c(F)c2)CC1. The normalized spacial score (nSPS) is 21.0. The number of rotatable bonds is 7. The summed E-state index contributed by atoms with van der Waals surface area (Å²) in [5, 5.41) is 8.58. The lowest BCUT2D eigenvalue weighted by molar-refractivity contribution is -0.183. The highest BCUT2D eigenvalue weighted by Crippen LogP contribution is 2.36. The zero-order valence-electron chi connectivity index (χ0n) is 14.3. The molecule has 0 spiro atoms. The molecule has 0 aliphatic heterocycles. The van der Waals surface area contributed by atoms with Crippen molar-refractivity contribution in [2.45, 2.75) is 64.4 Å². The first kappa shape index (κ1) is 19.6. The van der Waals surface area contributed by atoms with E-state index in [1.165, 1.54) is 12.5 Å². The van der Waals surface area contributed by atoms with Crippen molar-refractivity contribution in [2.75, 3.05) is 0 Å². The molecule has 2 nitrogen and oxygen atoms in total. The molecule has 0 amide bonds. The van der Waals surface area contributed by atoms with Crippen molar-refractivity contribution in [1.82, 2.24) is 0 Å². The largest absolute Gasteiger partial charge is 0.432 e. The Hall–Kier alpha value is -1.77. The fourth-order valence-electron chi connectivity index (χ4n) is 3.53. The van der Waals surface area contributed by atoms with Crippen LogP contribution in [0.5, 0.6) is 5.75 Å². The van der Waals surface area contributed by atoms with Crippen molar-refractivity contribution >= 4 is 0 Å². The Kier molecular flexibility index (Phi) is 6.69. The van der Waals surface area contributed by atoms with Crippen molar-refractivity contribution in [3.63, 3.8) is 0 Å². The van der Waals surface area contributed by atoms with Gasteiger partial charge in [0.2, 0.25) is 0 Å². The van der Waals surface area contributed by atoms with Crippen LogP contribution in [0.25, 0.3) is 0 Å². The number of halogens is 4. The molecule has 0 atom stereocenters. The zero-order valence-corrected chi connectivity index (χ0v) is 14.3. The van der Waals surface area contributed by atoms with Crippen molar-refractivity contribution in [2.24, 2.45) is 11.8 Å². The van der Waals surface area contributed by atoms with Crippen LogP contribution < -0.4 is 4.74 Å². The topological polar surface area (TPSA) is 33.0 Å². The summed E-state index contributed by atoms with van der Waals surface area (Å²) in [6.45, 7) is 2.15. The van der Waals surface area contributed by atoms with Gasteiger partial charge in [0.05, 0.1) is 6.42 Å². The summed E-state index contributed by atoms with van der Waals surface area (Å²) >= 11 is 0. The molecule has 6 heteroatoms. The van der Waals surface area contributed by atoms with Gasteiger partial charge in [0.25, 0.3) is 0 Å². The van der Waals surface area contributed by atoms with Gasteiger partial charge in [0.15, 0.2) is 0 Å². The molecule has 1 aliphatic carbocycles. The molecule has 1 aromatic rings. The number of alkyl halides is 2. The molecular formula is C19H23F4NO. The van der Waals surface area contributed by atoms with E-state index in [0.717, 1.165) is 32.1 Å². The lowest BCUT2D eigenvalue weighted by Gasteiger charge is -2.29. The van der Waals surface area contributed by atoms with Crippen LogP contribution in [0.4, 0.5) is 17.6 Å². The Morgan fingerprint density at radius 3 is 2.08 bits per heavy atom. The van der Waals surface area contributed by atoms with E-state index in [9.17, 15) is 17.6 Å². The van der Waals surface area contributed by atoms with Gasteiger partial charge in [-0.25, -0.2) is 8.78 Å². The summed E-state index contributed by atoms with van der Waals surface area (Å²) in [4.78, 5) is 0. The molecule has 0 bridgehead atoms. The molecule has 1 saturated carbocycles. The summed E-state index contributed by atoms with van der Waals surface area (Å²) in [6, 6.07) is 2.57. The fraction of sp³-hybridized carbons (Fsp3) is 0.632. The molecule has 1 fully saturated rings. The number of hydrogen-bond donors (Lipinski definition) is 0. The van der Waals surface area contributed by atoms with Crippen molar-refractivity contribution in [3.05, 3.63) is 29.3 Å². The van der Waals surface area contributed by atoms with Crippen LogP contribution in [0.1, 0.15) is 63.9 Å². The van der Waals surface area contributed by atoms with Gasteiger partial charge >= 0.3 is 6.11 Å². The monoisotopic (exact) mass is 357 g/mol. The molecule has 1 aromatic carbocycles. The van der Waals surface area contributed by atoms with Crippen LogP contribution in [0.15, 0.2) is 12.1 Å². The highest BCUT2D eigenvalue weighted by Gasteiger charge is 2.33. The average molecular weight is 357 g/mol. The van der Waals surface area contributed by atoms with E-state index in [4.69, 9.17) is 5.26 Å². The van der Waals surface area contributed by atoms with E-state index in [-0.39, 0.29) is 5.92 Å². The lowest BCUT2D eigenvalue weighted by atomic mass is 9.78. The summed E-state index contributed by atoms with van der Waals surface area (Å²) in [5.74, 6) is -2.06. The summed E-state index contributed by atoms with van der Waals surface area (Å²) in [7, 11) is 0. The third-order valence-corrected chi connectivity index (χ3v) is 4.90. The second-order valence-electron chi connectivity index (χ2n) is 6.83. The van der Waals surface area contributed by atoms with Crippen LogP contribution in [-0.2, 0) is 0 Å². The average Bonchev–Trinajstić information content (AvgIpc) is 2.54. The van der Waals surface area contributed by atoms with Gasteiger partial charge in [-0.05, 0) is 18.3 Å². The Balaban J connectivity index is 1.87. The first-order chi connectivity index (χ1) is 11.8. The molecule has 0 unspecified atom stereocenters. The first-order valence-electron chi connectivity index (χ1n) is 8.80. The quantitative estimate of drug-likeness (QED) is 0.545. The predicted octanol–water partition coefficient (Wildman–Crippen LogP) is 6.19. The van der Waals surface area contributed by atoms with E-state index >= 15 is 0 Å². The Morgan fingerprint density at radius 2 is 1.60 bits per heavy atom. The molecule has 0 radical (unpaired) electrons. The highest BCUT2D eigenvalue weighted by molar-refractivity contribution is 5.37. The maximum Gasteiger partial charge on any atom is 0.397 e. The smallest absolute Gasteiger partial charge is 0.397 e. The fourth-order valence-corrected chi connectivity index (χ4v) is 3.53. The number of nitriles is 1. The first-order valence-corrected chi connectivity index (χ1v) is 8.80. The van der Waals surface area contributed by atoms with Crippen molar-refractivity contribution < 1.29 is 22.3 Å². The predicted molar refractivity (Wildman–Crippen MR) is 86.2 cm³/mol. The maximum atomic E-state index is 14.0. The van der Waals surface area contributed by atoms with Crippen LogP contribution in [0.2, 0.25) is 0 Å². The molecular weight excluding hydrogens is 334 g/mol. The molecule has 2 rings (SSSR count). The molecule has 0 heterocycles. The third kappa shape index (κ3) is 5.62. The molecule has 0 aromatic heterocycles. The molecule has 0 saturated heterocycles. The van der Waals surface area contributed by atoms with Gasteiger partial charge in [0.1, 0.15) is 29.0 Å². The minimum Gasteiger partial charge on any atom is -0.432 e. The van der Waals surface area contributed by atoms with Crippen molar-refractivity contribution in [1.29, 1.82) is 5.26 Å². The van der Waals surface area contributed by atoms with E-state index < -0.39 is 35.5 Å². The highest BCUT2D eigenvalue weighted by atomic mass is 19.3. The molecule has 0 N–H and O–H groups in total. The van der Waals surface area contributed by atoms with Crippen LogP contribution in [-0.4, -0.2) is 6.11 Å². The molecule has 25 heavy (non-hydrogen) atoms. The van der Waals surface area contributed by atoms with Crippen LogP contribution >= 0.6 is 0 Å². The van der Waals surface area contributed by atoms with Crippen molar-refractivity contribution in [3.8, 4) is 11.8 Å². The van der Waals surface area contributed by atoms with Gasteiger partial charge < -0.3 is 4.74 Å². The minimum atomic E-state index is -3.49. The van der Waals surface area contributed by atoms with Gasteiger partial charge in [0, 0.05) is 12.1 Å². The van der Waals surface area contributed by atoms with Crippen LogP contribution in [0, 0.1) is 34.8 Å². The third-order valence-electron chi connectivity index (χ3n) is 4.90. The van der Waals surface area contributed by atoms with Gasteiger partial charge in [-0.2, -0.15) is 14.0 Å². The second-order valence-corrected chi connectivity index (χ2v) is 6.83. The standard InChI is InChI=1S/C19H23F4NO/c1-2-3-13-4-6-14(7-5-13)8-9-19(22,23)25-15-10-17(20)16(12-24)18(21)11-15/h10-11,13-14H,2-9H2,1H3. The molecule has 138 valence electrons. The Labute approximate surface area is 145 Å². The second kappa shape index (κ2) is 8.55. The Morgan fingerprint density at radius 1 is 1.08 bits per heavy atom. The lowest BCUT2D eigenvalue weighted by Crippen LogP contribution is -2.26. The number of ether oxygens (including phenoxy) is 1. The summed E-state index contributed by atoms with van der Waals surface area (Å²) in [5.41, 5.74) is -0.806. The van der Waals surface area contributed by atoms with Crippen LogP contribution in [0.3, 0.4) is 0 Å². The summed E-state index contributed by atoms with van der Waals surface area (Å²) < 4.78 is 59.4. The minimum absolute atomic E-state index is 0.247. The van der Waals surface area contributed by atoms with Gasteiger partial charge in [-0.3, -0.25) is 0 Å². The number of benzene rings is 1. The van der Waals surface area contributed by atoms with E-state index in [1.54, 1.807) is 0 Å². The summed E-state index contributed by atoms with van der Waals surface area (Å²) in [6.07, 6.45) is 2.75. The van der Waals surface area contributed by atoms with E-state index in [0.29, 0.717) is 24.5 Å². The van der Waals surface area contributed by atoms with Gasteiger partial charge in [-0.1, -0.05) is 45.4 Å². The number of nitrogens with zero attached hydrogens (tertiary/aromatic N) is 1. The zero-order chi connectivity index (χ0) is 18.4. The number of hydrogen-bond acceptors (Lipinski definition) is 2. The van der Waals surface area contributed by atoms with E-state index in [2.05, 4.69) is 11.7 Å². The van der Waals surface area contributed by atoms with Gasteiger partial charge in [-0.15, -0.1) is 0 Å². The maximum absolute atomic E-state index is 14.0. The molecule has 1 aliphatic rings. The Bertz CT molecular complexity index is 595. The van der Waals surface area contributed by atoms with E-state index in [1.807, 2.05) is 0 Å².